The molecule has 6 fully saturated rings. The SMILES string of the molecule is CC(C)=CCC[C@@H](C)[C@H]1CC[C@@]2(C)C3=C(CC[C@]12C)[C@@]1(C)CC[C@H](O)C(C)(C)C1CC3.CC(C)=CCC[C@@H](C)[C@H]1CC[C@@]2(C)C3=C(CC[C@]12C)[C@@]1(C)CC[C@H](O)C(C)(C)C1CC3.CC(C)CCC[C@@H](C)[C@H]1CC[C@@]2(C)C3=C(CC[C@]12C)[C@@]1(C)CC[C@H](O)C(C)(C)C1CC3.[B][BH3-]. The van der Waals surface area contributed by atoms with Crippen LogP contribution in [0, 0.1) is 124 Å². The van der Waals surface area contributed by atoms with Gasteiger partial charge in [-0.25, -0.2) is 0 Å². The fraction of sp³-hybridized carbons (Fsp3) is 0.889. The van der Waals surface area contributed by atoms with E-state index < -0.39 is 0 Å². The summed E-state index contributed by atoms with van der Waals surface area (Å²) in [7, 11) is 5.00. The Morgan fingerprint density at radius 3 is 0.905 bits per heavy atom. The zero-order valence-corrected chi connectivity index (χ0v) is 66.5. The van der Waals surface area contributed by atoms with Crippen molar-refractivity contribution in [3.05, 3.63) is 56.7 Å². The van der Waals surface area contributed by atoms with Crippen LogP contribution in [0.15, 0.2) is 56.7 Å². The topological polar surface area (TPSA) is 60.7 Å². The third-order valence-electron chi connectivity index (χ3n) is 35.2. The summed E-state index contributed by atoms with van der Waals surface area (Å²) in [6.45, 7) is 59.2. The van der Waals surface area contributed by atoms with Gasteiger partial charge in [0.2, 0.25) is 0 Å². The number of hydrogen-bond acceptors (Lipinski definition) is 3. The molecule has 0 heterocycles. The van der Waals surface area contributed by atoms with E-state index in [0.717, 1.165) is 60.7 Å². The zero-order chi connectivity index (χ0) is 70.5. The average Bonchev–Trinajstić information content (AvgIpc) is 1.69. The Hall–Kier alpha value is -1.29. The summed E-state index contributed by atoms with van der Waals surface area (Å²) < 4.78 is 0. The minimum Gasteiger partial charge on any atom is -0.393 e. The van der Waals surface area contributed by atoms with Crippen molar-refractivity contribution in [2.24, 2.45) is 124 Å². The standard InChI is InChI=1S/C30H52O.2C30H50O.B2H3/c3*1-20(2)10-9-11-21(3)22-14-18-30(8)24-12-13-25-27(4,5)26(31)16-17-28(25,6)23(24)15-19-29(22,30)7;1-2/h20-22,25-26,31H,9-19H2,1-8H3;2*10,21-22,25-26,31H,9,11-19H2,1-8H3;1H3/q;;;-1/t3*21-,22-,25?,26+,28-,29-,30+;/m111./s1. The molecule has 540 valence electrons. The van der Waals surface area contributed by atoms with E-state index in [1.165, 1.54) is 191 Å². The van der Waals surface area contributed by atoms with E-state index in [9.17, 15) is 15.3 Å². The minimum atomic E-state index is -0.130. The van der Waals surface area contributed by atoms with Crippen LogP contribution >= 0.6 is 0 Å². The van der Waals surface area contributed by atoms with Crippen molar-refractivity contribution in [2.75, 3.05) is 0 Å². The van der Waals surface area contributed by atoms with Gasteiger partial charge in [-0.3, -0.25) is 0 Å². The molecule has 95 heavy (non-hydrogen) atoms. The van der Waals surface area contributed by atoms with Gasteiger partial charge in [0, 0.05) is 0 Å². The largest absolute Gasteiger partial charge is 0.393 e. The first-order valence-corrected chi connectivity index (χ1v) is 40.6. The molecule has 5 heteroatoms. The lowest BCUT2D eigenvalue weighted by Crippen LogP contribution is -2.55. The van der Waals surface area contributed by atoms with E-state index in [2.05, 4.69) is 178 Å². The molecule has 0 saturated heterocycles. The molecule has 3 N–H and O–H groups in total. The van der Waals surface area contributed by atoms with Gasteiger partial charge in [0.15, 0.2) is 0 Å². The Morgan fingerprint density at radius 1 is 0.368 bits per heavy atom. The number of rotatable bonds is 13. The maximum Gasteiger partial charge on any atom is 0.0594 e. The van der Waals surface area contributed by atoms with Crippen molar-refractivity contribution in [3.8, 4) is 0 Å². The van der Waals surface area contributed by atoms with Gasteiger partial charge < -0.3 is 15.3 Å². The zero-order valence-electron chi connectivity index (χ0n) is 66.5. The highest BCUT2D eigenvalue weighted by Gasteiger charge is 2.67. The molecule has 0 aromatic carbocycles. The lowest BCUT2D eigenvalue weighted by molar-refractivity contribution is -0.0962. The first kappa shape index (κ1) is 77.9. The summed E-state index contributed by atoms with van der Waals surface area (Å²) >= 11 is 0. The van der Waals surface area contributed by atoms with Gasteiger partial charge in [-0.05, 0) is 332 Å². The molecule has 6 saturated carbocycles. The summed E-state index contributed by atoms with van der Waals surface area (Å²) in [4.78, 5) is 0. The van der Waals surface area contributed by atoms with Crippen LogP contribution in [-0.4, -0.2) is 49.1 Å². The summed E-state index contributed by atoms with van der Waals surface area (Å²) in [5, 5.41) is 32.4. The highest BCUT2D eigenvalue weighted by molar-refractivity contribution is 6.75. The van der Waals surface area contributed by atoms with E-state index in [4.69, 9.17) is 7.74 Å². The lowest BCUT2D eigenvalue weighted by Gasteiger charge is -2.62. The Labute approximate surface area is 591 Å². The number of aliphatic hydroxyl groups is 3. The lowest BCUT2D eigenvalue weighted by atomic mass is 9.43. The molecule has 0 spiro atoms. The number of allylic oxidation sites excluding steroid dienone is 10. The van der Waals surface area contributed by atoms with Crippen molar-refractivity contribution in [2.45, 2.75) is 384 Å². The summed E-state index contributed by atoms with van der Waals surface area (Å²) in [5.41, 5.74) is 17.8. The van der Waals surface area contributed by atoms with Crippen molar-refractivity contribution < 1.29 is 15.3 Å². The highest BCUT2D eigenvalue weighted by atomic mass is 16.3. The fourth-order valence-electron chi connectivity index (χ4n) is 28.6. The normalized spacial score (nSPS) is 44.1. The van der Waals surface area contributed by atoms with Crippen LogP contribution in [0.3, 0.4) is 0 Å². The fourth-order valence-corrected chi connectivity index (χ4v) is 28.6. The molecule has 0 aromatic heterocycles. The second kappa shape index (κ2) is 28.1. The molecule has 12 aliphatic carbocycles. The van der Waals surface area contributed by atoms with Crippen LogP contribution in [0.5, 0.6) is 0 Å². The van der Waals surface area contributed by atoms with Gasteiger partial charge in [0.25, 0.3) is 0 Å². The van der Waals surface area contributed by atoms with Crippen LogP contribution in [0.1, 0.15) is 365 Å². The van der Waals surface area contributed by atoms with E-state index in [1.54, 1.807) is 0 Å². The number of hydrogen-bond donors (Lipinski definition) is 3. The third-order valence-corrected chi connectivity index (χ3v) is 35.2. The van der Waals surface area contributed by atoms with Gasteiger partial charge in [0.1, 0.15) is 0 Å². The summed E-state index contributed by atoms with van der Waals surface area (Å²) in [5.74, 6) is 7.89. The quantitative estimate of drug-likeness (QED) is 0.127. The first-order chi connectivity index (χ1) is 44.1. The summed E-state index contributed by atoms with van der Waals surface area (Å²) in [6, 6.07) is 0. The van der Waals surface area contributed by atoms with E-state index in [0.29, 0.717) is 66.5 Å². The molecule has 12 rings (SSSR count). The number of fused-ring (bicyclic) bond motifs is 12. The highest BCUT2D eigenvalue weighted by Crippen LogP contribution is 2.76. The molecular formula is C90H155B2O3-. The van der Waals surface area contributed by atoms with Gasteiger partial charge in [-0.1, -0.05) is 222 Å². The second-order valence-corrected chi connectivity index (χ2v) is 41.2. The van der Waals surface area contributed by atoms with Crippen molar-refractivity contribution >= 4 is 15.5 Å². The second-order valence-electron chi connectivity index (χ2n) is 41.2. The molecule has 0 bridgehead atoms. The Morgan fingerprint density at radius 2 is 0.642 bits per heavy atom. The van der Waals surface area contributed by atoms with E-state index >= 15 is 0 Å². The first-order valence-electron chi connectivity index (χ1n) is 40.6. The van der Waals surface area contributed by atoms with Crippen LogP contribution in [-0.2, 0) is 0 Å². The molecule has 3 unspecified atom stereocenters. The van der Waals surface area contributed by atoms with E-state index in [1.807, 2.05) is 33.4 Å². The molecule has 3 nitrogen and oxygen atoms in total. The third kappa shape index (κ3) is 12.7. The predicted octanol–water partition coefficient (Wildman–Crippen LogP) is 24.0. The number of aliphatic hydroxyl groups excluding tert-OH is 3. The van der Waals surface area contributed by atoms with Crippen molar-refractivity contribution in [1.82, 2.24) is 0 Å². The van der Waals surface area contributed by atoms with Crippen LogP contribution < -0.4 is 0 Å². The Balaban J connectivity index is 0.000000165. The maximum absolute atomic E-state index is 10.8. The Bertz CT molecular complexity index is 2740. The van der Waals surface area contributed by atoms with Gasteiger partial charge in [-0.15, -0.1) is 0 Å². The molecule has 0 aromatic rings. The smallest absolute Gasteiger partial charge is 0.0594 e. The van der Waals surface area contributed by atoms with Crippen LogP contribution in [0.2, 0.25) is 0 Å². The van der Waals surface area contributed by atoms with Crippen molar-refractivity contribution in [1.29, 1.82) is 0 Å². The van der Waals surface area contributed by atoms with Crippen LogP contribution in [0.4, 0.5) is 0 Å². The molecule has 21 atom stereocenters. The molecular weight excluding hydrogens is 1150 g/mol. The maximum atomic E-state index is 10.8. The van der Waals surface area contributed by atoms with Gasteiger partial charge in [-0.2, -0.15) is 7.74 Å². The molecule has 2 radical (unpaired) electrons. The Kier molecular flexibility index (Phi) is 23.0. The average molecular weight is 1310 g/mol. The molecule has 12 aliphatic rings. The van der Waals surface area contributed by atoms with Gasteiger partial charge in [0.05, 0.1) is 18.3 Å². The molecule has 0 amide bonds. The van der Waals surface area contributed by atoms with Crippen molar-refractivity contribution in [3.63, 3.8) is 0 Å². The van der Waals surface area contributed by atoms with Crippen LogP contribution in [0.25, 0.3) is 0 Å². The summed E-state index contributed by atoms with van der Waals surface area (Å²) in [6.07, 6.45) is 44.8. The predicted molar refractivity (Wildman–Crippen MR) is 414 cm³/mol. The minimum absolute atomic E-state index is 0.0465. The molecule has 0 aliphatic heterocycles. The van der Waals surface area contributed by atoms with Gasteiger partial charge >= 0.3 is 0 Å². The monoisotopic (exact) mass is 1310 g/mol. The van der Waals surface area contributed by atoms with E-state index in [-0.39, 0.29) is 42.3 Å².